The van der Waals surface area contributed by atoms with E-state index in [1.54, 1.807) is 18.4 Å². The third-order valence-corrected chi connectivity index (χ3v) is 5.38. The smallest absolute Gasteiger partial charge is 0.235 e. The van der Waals surface area contributed by atoms with E-state index in [2.05, 4.69) is 52.6 Å². The zero-order chi connectivity index (χ0) is 22.6. The number of halogens is 1. The Bertz CT molecular complexity index is 1190. The molecular formula is C22H24FN9O. The van der Waals surface area contributed by atoms with Crippen molar-refractivity contribution in [1.82, 2.24) is 30.0 Å². The van der Waals surface area contributed by atoms with Crippen LogP contribution in [-0.2, 0) is 6.54 Å². The number of hydrogen-bond acceptors (Lipinski definition) is 9. The summed E-state index contributed by atoms with van der Waals surface area (Å²) in [6, 6.07) is 11.8. The van der Waals surface area contributed by atoms with E-state index < -0.39 is 0 Å². The number of aromatic amines is 1. The summed E-state index contributed by atoms with van der Waals surface area (Å²) in [5.74, 6) is 2.36. The fourth-order valence-corrected chi connectivity index (χ4v) is 3.49. The van der Waals surface area contributed by atoms with Crippen LogP contribution in [-0.4, -0.2) is 63.3 Å². The van der Waals surface area contributed by atoms with Gasteiger partial charge in [-0.25, -0.2) is 4.39 Å². The Morgan fingerprint density at radius 2 is 1.82 bits per heavy atom. The van der Waals surface area contributed by atoms with E-state index >= 15 is 0 Å². The lowest BCUT2D eigenvalue weighted by molar-refractivity contribution is 0.311. The molecule has 1 saturated heterocycles. The molecule has 33 heavy (non-hydrogen) atoms. The molecular weight excluding hydrogens is 425 g/mol. The van der Waals surface area contributed by atoms with E-state index in [4.69, 9.17) is 4.42 Å². The van der Waals surface area contributed by atoms with Crippen molar-refractivity contribution in [1.29, 1.82) is 0 Å². The molecule has 1 fully saturated rings. The van der Waals surface area contributed by atoms with E-state index in [9.17, 15) is 4.39 Å². The molecule has 10 nitrogen and oxygen atoms in total. The SMILES string of the molecule is CN1CCN(c2nc(NCc3ccc(F)cc3)nc(Nc3cc(-c4ccco4)[nH]n3)n2)CC1. The first kappa shape index (κ1) is 20.9. The Morgan fingerprint density at radius 1 is 1.03 bits per heavy atom. The lowest BCUT2D eigenvalue weighted by atomic mass is 10.2. The van der Waals surface area contributed by atoms with Crippen molar-refractivity contribution in [3.05, 3.63) is 60.1 Å². The average molecular weight is 449 g/mol. The molecule has 3 N–H and O–H groups in total. The average Bonchev–Trinajstić information content (AvgIpc) is 3.51. The van der Waals surface area contributed by atoms with E-state index in [-0.39, 0.29) is 5.82 Å². The highest BCUT2D eigenvalue weighted by Gasteiger charge is 2.19. The van der Waals surface area contributed by atoms with Gasteiger partial charge >= 0.3 is 0 Å². The van der Waals surface area contributed by atoms with Gasteiger partial charge in [-0.2, -0.15) is 20.1 Å². The summed E-state index contributed by atoms with van der Waals surface area (Å²) in [6.45, 7) is 3.96. The van der Waals surface area contributed by atoms with Gasteiger partial charge in [-0.15, -0.1) is 0 Å². The minimum absolute atomic E-state index is 0.268. The zero-order valence-corrected chi connectivity index (χ0v) is 18.1. The molecule has 11 heteroatoms. The molecule has 170 valence electrons. The third-order valence-electron chi connectivity index (χ3n) is 5.38. The van der Waals surface area contributed by atoms with E-state index in [1.165, 1.54) is 12.1 Å². The molecule has 0 atom stereocenters. The maximum atomic E-state index is 13.2. The van der Waals surface area contributed by atoms with Gasteiger partial charge in [-0.1, -0.05) is 12.1 Å². The van der Waals surface area contributed by atoms with Crippen LogP contribution in [0.2, 0.25) is 0 Å². The summed E-state index contributed by atoms with van der Waals surface area (Å²) < 4.78 is 18.6. The Balaban J connectivity index is 1.37. The Hall–Kier alpha value is -3.99. The predicted molar refractivity (Wildman–Crippen MR) is 123 cm³/mol. The number of aromatic nitrogens is 5. The molecule has 0 bridgehead atoms. The lowest BCUT2D eigenvalue weighted by Crippen LogP contribution is -2.45. The molecule has 3 aromatic heterocycles. The van der Waals surface area contributed by atoms with Crippen molar-refractivity contribution in [3.63, 3.8) is 0 Å². The van der Waals surface area contributed by atoms with Crippen molar-refractivity contribution < 1.29 is 8.81 Å². The highest BCUT2D eigenvalue weighted by atomic mass is 19.1. The van der Waals surface area contributed by atoms with Crippen LogP contribution in [0.5, 0.6) is 0 Å². The summed E-state index contributed by atoms with van der Waals surface area (Å²) in [6.07, 6.45) is 1.61. The Morgan fingerprint density at radius 3 is 2.58 bits per heavy atom. The maximum Gasteiger partial charge on any atom is 0.235 e. The molecule has 1 aromatic carbocycles. The summed E-state index contributed by atoms with van der Waals surface area (Å²) >= 11 is 0. The Labute approximate surface area is 189 Å². The summed E-state index contributed by atoms with van der Waals surface area (Å²) in [4.78, 5) is 18.2. The highest BCUT2D eigenvalue weighted by Crippen LogP contribution is 2.23. The van der Waals surface area contributed by atoms with Crippen LogP contribution in [0.3, 0.4) is 0 Å². The third kappa shape index (κ3) is 5.09. The van der Waals surface area contributed by atoms with Crippen molar-refractivity contribution in [2.45, 2.75) is 6.54 Å². The van der Waals surface area contributed by atoms with Crippen LogP contribution in [0.1, 0.15) is 5.56 Å². The molecule has 4 aromatic rings. The fourth-order valence-electron chi connectivity index (χ4n) is 3.49. The quantitative estimate of drug-likeness (QED) is 0.392. The van der Waals surface area contributed by atoms with Crippen molar-refractivity contribution in [3.8, 4) is 11.5 Å². The van der Waals surface area contributed by atoms with Gasteiger partial charge in [-0.3, -0.25) is 5.10 Å². The highest BCUT2D eigenvalue weighted by molar-refractivity contribution is 5.60. The first-order valence-corrected chi connectivity index (χ1v) is 10.7. The molecule has 1 aliphatic rings. The second kappa shape index (κ2) is 9.25. The number of benzene rings is 1. The minimum atomic E-state index is -0.268. The topological polar surface area (TPSA) is 111 Å². The molecule has 1 aliphatic heterocycles. The van der Waals surface area contributed by atoms with Crippen molar-refractivity contribution >= 4 is 23.7 Å². The van der Waals surface area contributed by atoms with Gasteiger partial charge in [0.25, 0.3) is 0 Å². The number of nitrogens with one attached hydrogen (secondary N) is 3. The van der Waals surface area contributed by atoms with E-state index in [0.29, 0.717) is 36.0 Å². The van der Waals surface area contributed by atoms with Crippen LogP contribution >= 0.6 is 0 Å². The van der Waals surface area contributed by atoms with Gasteiger partial charge in [0.2, 0.25) is 17.8 Å². The number of piperazine rings is 1. The molecule has 0 aliphatic carbocycles. The monoisotopic (exact) mass is 449 g/mol. The van der Waals surface area contributed by atoms with Crippen LogP contribution in [0.15, 0.2) is 53.1 Å². The van der Waals surface area contributed by atoms with Gasteiger partial charge in [0, 0.05) is 38.8 Å². The van der Waals surface area contributed by atoms with Crippen molar-refractivity contribution in [2.24, 2.45) is 0 Å². The molecule has 0 radical (unpaired) electrons. The normalized spacial score (nSPS) is 14.4. The number of furan rings is 1. The first-order valence-electron chi connectivity index (χ1n) is 10.7. The zero-order valence-electron chi connectivity index (χ0n) is 18.1. The molecule has 5 rings (SSSR count). The second-order valence-electron chi connectivity index (χ2n) is 7.82. The number of anilines is 4. The summed E-state index contributed by atoms with van der Waals surface area (Å²) in [5.41, 5.74) is 1.66. The molecule has 0 unspecified atom stereocenters. The maximum absolute atomic E-state index is 13.2. The predicted octanol–water partition coefficient (Wildman–Crippen LogP) is 3.10. The number of rotatable bonds is 7. The van der Waals surface area contributed by atoms with Gasteiger partial charge < -0.3 is 24.9 Å². The lowest BCUT2D eigenvalue weighted by Gasteiger charge is -2.32. The number of hydrogen-bond donors (Lipinski definition) is 3. The fraction of sp³-hybridized carbons (Fsp3) is 0.273. The van der Waals surface area contributed by atoms with E-state index in [1.807, 2.05) is 18.2 Å². The second-order valence-corrected chi connectivity index (χ2v) is 7.82. The molecule has 0 spiro atoms. The van der Waals surface area contributed by atoms with Crippen LogP contribution in [0.4, 0.5) is 28.1 Å². The van der Waals surface area contributed by atoms with Crippen LogP contribution in [0.25, 0.3) is 11.5 Å². The number of H-pyrrole nitrogens is 1. The molecule has 0 saturated carbocycles. The minimum Gasteiger partial charge on any atom is -0.463 e. The standard InChI is InChI=1S/C22H24FN9O/c1-31-8-10-32(11-9-31)22-27-20(24-14-15-4-6-16(23)7-5-15)26-21(28-22)25-19-13-17(29-30-19)18-3-2-12-33-18/h2-7,12-13H,8-11,14H2,1H3,(H3,24,25,26,27,28,29,30). The van der Waals surface area contributed by atoms with Crippen LogP contribution in [0, 0.1) is 5.82 Å². The van der Waals surface area contributed by atoms with Gasteiger partial charge in [0.05, 0.1) is 6.26 Å². The van der Waals surface area contributed by atoms with Gasteiger partial charge in [-0.05, 0) is 36.9 Å². The Kier molecular flexibility index (Phi) is 5.85. The number of nitrogens with zero attached hydrogens (tertiary/aromatic N) is 6. The van der Waals surface area contributed by atoms with Crippen LogP contribution < -0.4 is 15.5 Å². The van der Waals surface area contributed by atoms with Crippen molar-refractivity contribution in [2.75, 3.05) is 48.8 Å². The first-order chi connectivity index (χ1) is 16.1. The van der Waals surface area contributed by atoms with Gasteiger partial charge in [0.15, 0.2) is 11.6 Å². The van der Waals surface area contributed by atoms with Gasteiger partial charge in [0.1, 0.15) is 11.5 Å². The summed E-state index contributed by atoms with van der Waals surface area (Å²) in [5, 5.41) is 13.6. The molecule has 4 heterocycles. The molecule has 0 amide bonds. The largest absolute Gasteiger partial charge is 0.463 e. The summed E-state index contributed by atoms with van der Waals surface area (Å²) in [7, 11) is 2.10. The van der Waals surface area contributed by atoms with E-state index in [0.717, 1.165) is 37.4 Å². The number of likely N-dealkylation sites (N-methyl/N-ethyl adjacent to an activating group) is 1.